The van der Waals surface area contributed by atoms with Crippen LogP contribution in [-0.2, 0) is 10.9 Å². The molecule has 4 N–H and O–H groups in total. The molecule has 1 aliphatic rings. The van der Waals surface area contributed by atoms with Crippen LogP contribution in [0.3, 0.4) is 0 Å². The average Bonchev–Trinajstić information content (AvgIpc) is 2.99. The van der Waals surface area contributed by atoms with Gasteiger partial charge >= 0.3 is 0 Å². The monoisotopic (exact) mass is 370 g/mol. The van der Waals surface area contributed by atoms with Gasteiger partial charge in [0.25, 0.3) is 0 Å². The molecular formula is C14H19ClN6O2S. The summed E-state index contributed by atoms with van der Waals surface area (Å²) in [6.07, 6.45) is 1.63. The third-order valence-electron chi connectivity index (χ3n) is 4.25. The number of nitrogens with zero attached hydrogens (tertiary/aromatic N) is 3. The van der Waals surface area contributed by atoms with E-state index in [0.717, 1.165) is 31.5 Å². The predicted octanol–water partition coefficient (Wildman–Crippen LogP) is 1.11. The molecule has 130 valence electrons. The largest absolute Gasteiger partial charge is 0.366 e. The fourth-order valence-corrected chi connectivity index (χ4v) is 3.90. The Labute approximate surface area is 146 Å². The van der Waals surface area contributed by atoms with Crippen molar-refractivity contribution >= 4 is 34.4 Å². The molecule has 1 fully saturated rings. The number of nitrogens with one attached hydrogen (secondary N) is 2. The predicted molar refractivity (Wildman–Crippen MR) is 93.4 cm³/mol. The first-order chi connectivity index (χ1) is 11.5. The summed E-state index contributed by atoms with van der Waals surface area (Å²) in [4.78, 5) is 6.19. The van der Waals surface area contributed by atoms with Crippen LogP contribution in [0.5, 0.6) is 0 Å². The van der Waals surface area contributed by atoms with Gasteiger partial charge in [-0.15, -0.1) is 5.10 Å². The highest BCUT2D eigenvalue weighted by atomic mass is 35.5. The minimum absolute atomic E-state index is 0.174. The zero-order valence-electron chi connectivity index (χ0n) is 12.9. The molecule has 0 spiro atoms. The van der Waals surface area contributed by atoms with Crippen LogP contribution in [0, 0.1) is 5.92 Å². The summed E-state index contributed by atoms with van der Waals surface area (Å²) in [6, 6.07) is 7.02. The molecule has 2 aromatic rings. The maximum Gasteiger partial charge on any atom is 0.241 e. The Morgan fingerprint density at radius 3 is 2.71 bits per heavy atom. The SMILES string of the molecule is Nc1n[nH]c(N2CCC(C(N[SH](=O)=O)c3cccc(Cl)c3)CC2)n1. The molecule has 8 nitrogen and oxygen atoms in total. The summed E-state index contributed by atoms with van der Waals surface area (Å²) in [5, 5.41) is 7.23. The smallest absolute Gasteiger partial charge is 0.241 e. The first-order valence-corrected chi connectivity index (χ1v) is 9.17. The van der Waals surface area contributed by atoms with E-state index < -0.39 is 10.9 Å². The molecule has 24 heavy (non-hydrogen) atoms. The molecular weight excluding hydrogens is 352 g/mol. The van der Waals surface area contributed by atoms with E-state index in [1.807, 2.05) is 18.2 Å². The molecule has 0 saturated carbocycles. The van der Waals surface area contributed by atoms with E-state index in [4.69, 9.17) is 17.3 Å². The summed E-state index contributed by atoms with van der Waals surface area (Å²) >= 11 is 6.05. The maximum absolute atomic E-state index is 11.2. The maximum atomic E-state index is 11.2. The van der Waals surface area contributed by atoms with E-state index in [1.54, 1.807) is 6.07 Å². The summed E-state index contributed by atoms with van der Waals surface area (Å²) in [5.74, 6) is 1.04. The lowest BCUT2D eigenvalue weighted by Gasteiger charge is -2.35. The van der Waals surface area contributed by atoms with Gasteiger partial charge in [-0.25, -0.2) is 18.2 Å². The summed E-state index contributed by atoms with van der Waals surface area (Å²) in [5.41, 5.74) is 6.41. The van der Waals surface area contributed by atoms with Crippen molar-refractivity contribution in [2.45, 2.75) is 18.9 Å². The number of rotatable bonds is 5. The van der Waals surface area contributed by atoms with Crippen LogP contribution in [0.15, 0.2) is 24.3 Å². The summed E-state index contributed by atoms with van der Waals surface area (Å²) < 4.78 is 25.2. The first-order valence-electron chi connectivity index (χ1n) is 7.62. The lowest BCUT2D eigenvalue weighted by atomic mass is 9.86. The Hall–Kier alpha value is -1.84. The molecule has 1 unspecified atom stereocenters. The van der Waals surface area contributed by atoms with Gasteiger partial charge in [0.05, 0.1) is 0 Å². The van der Waals surface area contributed by atoms with Crippen molar-refractivity contribution in [3.05, 3.63) is 34.9 Å². The fourth-order valence-electron chi connectivity index (χ4n) is 3.12. The molecule has 2 heterocycles. The van der Waals surface area contributed by atoms with Crippen LogP contribution >= 0.6 is 11.6 Å². The standard InChI is InChI=1S/C14H19ClN6O2S/c15-11-3-1-2-10(8-11)12(20-24(22)23)9-4-6-21(7-5-9)14-17-13(16)18-19-14/h1-3,8-9,12,24H,4-7H2,(H,20,22,23)(H3,16,17,18,19). The topological polar surface area (TPSA) is 117 Å². The number of benzene rings is 1. The van der Waals surface area contributed by atoms with Crippen molar-refractivity contribution in [3.8, 4) is 0 Å². The number of halogens is 1. The first kappa shape index (κ1) is 17.0. The number of piperidine rings is 1. The van der Waals surface area contributed by atoms with E-state index in [0.29, 0.717) is 11.0 Å². The zero-order valence-corrected chi connectivity index (χ0v) is 14.5. The second-order valence-corrected chi connectivity index (χ2v) is 6.97. The Balaban J connectivity index is 1.73. The highest BCUT2D eigenvalue weighted by Crippen LogP contribution is 2.32. The van der Waals surface area contributed by atoms with Gasteiger partial charge in [-0.05, 0) is 36.5 Å². The molecule has 1 aromatic heterocycles. The Morgan fingerprint density at radius 1 is 1.38 bits per heavy atom. The van der Waals surface area contributed by atoms with Crippen molar-refractivity contribution in [2.75, 3.05) is 23.7 Å². The van der Waals surface area contributed by atoms with E-state index in [1.165, 1.54) is 0 Å². The number of nitrogens with two attached hydrogens (primary N) is 1. The van der Waals surface area contributed by atoms with Crippen molar-refractivity contribution in [1.29, 1.82) is 0 Å². The van der Waals surface area contributed by atoms with E-state index in [9.17, 15) is 8.42 Å². The zero-order chi connectivity index (χ0) is 17.1. The molecule has 1 saturated heterocycles. The lowest BCUT2D eigenvalue weighted by Crippen LogP contribution is -2.39. The molecule has 0 aliphatic carbocycles. The van der Waals surface area contributed by atoms with Crippen LogP contribution in [0.25, 0.3) is 0 Å². The van der Waals surface area contributed by atoms with E-state index in [-0.39, 0.29) is 17.9 Å². The van der Waals surface area contributed by atoms with Gasteiger partial charge in [-0.3, -0.25) is 0 Å². The average molecular weight is 371 g/mol. The van der Waals surface area contributed by atoms with Gasteiger partial charge < -0.3 is 10.6 Å². The Bertz CT molecular complexity index is 764. The molecule has 1 aromatic carbocycles. The molecule has 3 rings (SSSR count). The number of anilines is 2. The number of H-pyrrole nitrogens is 1. The molecule has 0 radical (unpaired) electrons. The Kier molecular flexibility index (Phi) is 5.22. The van der Waals surface area contributed by atoms with Crippen LogP contribution < -0.4 is 15.4 Å². The number of hydrogen-bond donors (Lipinski definition) is 4. The second kappa shape index (κ2) is 7.37. The highest BCUT2D eigenvalue weighted by Gasteiger charge is 2.29. The quantitative estimate of drug-likeness (QED) is 0.586. The molecule has 1 atom stereocenters. The molecule has 10 heteroatoms. The normalized spacial score (nSPS) is 17.3. The van der Waals surface area contributed by atoms with Crippen molar-refractivity contribution in [3.63, 3.8) is 0 Å². The van der Waals surface area contributed by atoms with Crippen LogP contribution in [-0.4, -0.2) is 36.7 Å². The number of aromatic amines is 1. The number of nitrogen functional groups attached to an aromatic ring is 1. The molecule has 1 aliphatic heterocycles. The number of hydrogen-bond acceptors (Lipinski definition) is 6. The molecule has 0 amide bonds. The van der Waals surface area contributed by atoms with Crippen LogP contribution in [0.1, 0.15) is 24.4 Å². The number of thiol groups is 1. The van der Waals surface area contributed by atoms with Gasteiger partial charge in [0.1, 0.15) is 0 Å². The fraction of sp³-hybridized carbons (Fsp3) is 0.429. The number of aromatic nitrogens is 3. The van der Waals surface area contributed by atoms with Gasteiger partial charge in [-0.2, -0.15) is 4.98 Å². The van der Waals surface area contributed by atoms with Gasteiger partial charge in [0, 0.05) is 24.2 Å². The van der Waals surface area contributed by atoms with Crippen molar-refractivity contribution < 1.29 is 8.42 Å². The third-order valence-corrected chi connectivity index (χ3v) is 4.98. The lowest BCUT2D eigenvalue weighted by molar-refractivity contribution is 0.327. The highest BCUT2D eigenvalue weighted by molar-refractivity contribution is 7.70. The van der Waals surface area contributed by atoms with E-state index >= 15 is 0 Å². The summed E-state index contributed by atoms with van der Waals surface area (Å²) in [7, 11) is -2.70. The van der Waals surface area contributed by atoms with Crippen molar-refractivity contribution in [1.82, 2.24) is 19.9 Å². The minimum atomic E-state index is -2.70. The summed E-state index contributed by atoms with van der Waals surface area (Å²) in [6.45, 7) is 1.49. The van der Waals surface area contributed by atoms with Crippen molar-refractivity contribution in [2.24, 2.45) is 5.92 Å². The van der Waals surface area contributed by atoms with Crippen LogP contribution in [0.2, 0.25) is 5.02 Å². The van der Waals surface area contributed by atoms with E-state index in [2.05, 4.69) is 24.8 Å². The minimum Gasteiger partial charge on any atom is -0.366 e. The van der Waals surface area contributed by atoms with Gasteiger partial charge in [0.15, 0.2) is 0 Å². The third kappa shape index (κ3) is 3.97. The van der Waals surface area contributed by atoms with Gasteiger partial charge in [0.2, 0.25) is 22.8 Å². The second-order valence-electron chi connectivity index (χ2n) is 5.76. The Morgan fingerprint density at radius 2 is 2.12 bits per heavy atom. The van der Waals surface area contributed by atoms with Gasteiger partial charge in [-0.1, -0.05) is 23.7 Å². The van der Waals surface area contributed by atoms with Crippen LogP contribution in [0.4, 0.5) is 11.9 Å². The molecule has 0 bridgehead atoms.